The van der Waals surface area contributed by atoms with Crippen LogP contribution in [0.3, 0.4) is 0 Å². The van der Waals surface area contributed by atoms with Crippen LogP contribution in [0.4, 0.5) is 5.82 Å². The molecule has 0 amide bonds. The van der Waals surface area contributed by atoms with E-state index in [1.54, 1.807) is 14.2 Å². The van der Waals surface area contributed by atoms with Gasteiger partial charge in [-0.3, -0.25) is 0 Å². The number of allylic oxidation sites excluding steroid dienone is 3. The largest absolute Gasteiger partial charge is 0.452 e. The molecule has 5 rings (SSSR count). The third-order valence-corrected chi connectivity index (χ3v) is 5.75. The van der Waals surface area contributed by atoms with Gasteiger partial charge in [-0.25, -0.2) is 0 Å². The van der Waals surface area contributed by atoms with Crippen LogP contribution < -0.4 is 15.3 Å². The molecule has 0 aromatic carbocycles. The van der Waals surface area contributed by atoms with E-state index >= 15 is 0 Å². The highest BCUT2D eigenvalue weighted by Crippen LogP contribution is 2.43. The molecule has 1 saturated heterocycles. The molecule has 1 fully saturated rings. The van der Waals surface area contributed by atoms with E-state index in [-0.39, 0.29) is 17.1 Å². The Morgan fingerprint density at radius 3 is 2.74 bits per heavy atom. The van der Waals surface area contributed by atoms with Crippen molar-refractivity contribution in [1.82, 2.24) is 10.2 Å². The molecule has 142 valence electrons. The van der Waals surface area contributed by atoms with Gasteiger partial charge in [-0.1, -0.05) is 16.8 Å². The number of anilines is 1. The molecule has 0 radical (unpaired) electrons. The highest BCUT2D eigenvalue weighted by Gasteiger charge is 2.49. The van der Waals surface area contributed by atoms with Crippen LogP contribution in [0.25, 0.3) is 11.9 Å². The summed E-state index contributed by atoms with van der Waals surface area (Å²) in [4.78, 5) is 8.41. The summed E-state index contributed by atoms with van der Waals surface area (Å²) in [6, 6.07) is 0. The molecular formula is C20H24ClN4O2+. The molecule has 1 unspecified atom stereocenters. The SMILES string of the molecule is COC1=CC2=C(C=CCC2)C2=c3c(N4CCCC4)nncc3=C[N+]12OC.Cl. The first-order valence-corrected chi connectivity index (χ1v) is 9.23. The number of hydroxylamine groups is 3. The minimum absolute atomic E-state index is 0. The molecule has 1 aromatic heterocycles. The number of methoxy groups -OCH3 is 1. The van der Waals surface area contributed by atoms with E-state index in [1.807, 2.05) is 6.20 Å². The number of aromatic nitrogens is 2. The molecule has 0 saturated carbocycles. The Bertz CT molecular complexity index is 992. The first-order chi connectivity index (χ1) is 12.8. The second-order valence-electron chi connectivity index (χ2n) is 7.08. The Kier molecular flexibility index (Phi) is 4.58. The summed E-state index contributed by atoms with van der Waals surface area (Å²) in [5.41, 5.74) is 3.63. The first kappa shape index (κ1) is 18.2. The van der Waals surface area contributed by atoms with Crippen molar-refractivity contribution >= 4 is 30.1 Å². The third kappa shape index (κ3) is 2.47. The summed E-state index contributed by atoms with van der Waals surface area (Å²) in [6.45, 7) is 2.06. The highest BCUT2D eigenvalue weighted by molar-refractivity contribution is 5.85. The summed E-state index contributed by atoms with van der Waals surface area (Å²) in [7, 11) is 3.44. The normalized spacial score (nSPS) is 25.3. The van der Waals surface area contributed by atoms with Gasteiger partial charge in [0.1, 0.15) is 0 Å². The van der Waals surface area contributed by atoms with Crippen LogP contribution in [0.2, 0.25) is 0 Å². The molecule has 0 spiro atoms. The molecule has 0 bridgehead atoms. The summed E-state index contributed by atoms with van der Waals surface area (Å²) in [6.07, 6.45) is 15.0. The maximum atomic E-state index is 6.06. The Morgan fingerprint density at radius 1 is 1.19 bits per heavy atom. The van der Waals surface area contributed by atoms with Crippen LogP contribution >= 0.6 is 12.4 Å². The topological polar surface area (TPSA) is 47.5 Å². The van der Waals surface area contributed by atoms with Gasteiger partial charge in [0.05, 0.1) is 30.9 Å². The zero-order valence-corrected chi connectivity index (χ0v) is 16.5. The van der Waals surface area contributed by atoms with E-state index in [2.05, 4.69) is 39.5 Å². The van der Waals surface area contributed by atoms with E-state index in [4.69, 9.17) is 9.57 Å². The fraction of sp³-hybridized carbons (Fsp3) is 0.400. The monoisotopic (exact) mass is 387 g/mol. The van der Waals surface area contributed by atoms with E-state index in [1.165, 1.54) is 24.0 Å². The van der Waals surface area contributed by atoms with E-state index < -0.39 is 0 Å². The number of ether oxygens (including phenoxy) is 1. The van der Waals surface area contributed by atoms with Crippen molar-refractivity contribution in [3.05, 3.63) is 51.9 Å². The zero-order valence-electron chi connectivity index (χ0n) is 15.6. The molecule has 0 N–H and O–H groups in total. The highest BCUT2D eigenvalue weighted by atomic mass is 35.5. The van der Waals surface area contributed by atoms with Crippen molar-refractivity contribution in [2.45, 2.75) is 25.7 Å². The van der Waals surface area contributed by atoms with Crippen molar-refractivity contribution in [2.75, 3.05) is 32.2 Å². The van der Waals surface area contributed by atoms with Crippen molar-refractivity contribution in [1.29, 1.82) is 0 Å². The molecule has 4 aliphatic rings. The lowest BCUT2D eigenvalue weighted by Crippen LogP contribution is -2.42. The van der Waals surface area contributed by atoms with Crippen LogP contribution in [-0.2, 0) is 9.57 Å². The van der Waals surface area contributed by atoms with Gasteiger partial charge in [-0.15, -0.1) is 17.5 Å². The third-order valence-electron chi connectivity index (χ3n) is 5.75. The maximum absolute atomic E-state index is 6.06. The average Bonchev–Trinajstić information content (AvgIpc) is 3.33. The number of quaternary nitrogens is 1. The number of halogens is 1. The predicted octanol–water partition coefficient (Wildman–Crippen LogP) is 1.88. The van der Waals surface area contributed by atoms with Gasteiger partial charge in [0.15, 0.2) is 17.7 Å². The minimum Gasteiger partial charge on any atom is -0.452 e. The van der Waals surface area contributed by atoms with Crippen LogP contribution in [-0.4, -0.2) is 42.2 Å². The minimum atomic E-state index is 0. The number of hydrogen-bond acceptors (Lipinski definition) is 5. The molecule has 1 aromatic rings. The summed E-state index contributed by atoms with van der Waals surface area (Å²) in [5.74, 6) is 1.74. The van der Waals surface area contributed by atoms with E-state index in [0.29, 0.717) is 0 Å². The predicted molar refractivity (Wildman–Crippen MR) is 106 cm³/mol. The maximum Gasteiger partial charge on any atom is 0.335 e. The molecule has 1 aliphatic carbocycles. The number of hydrogen-bond donors (Lipinski definition) is 0. The number of fused-ring (bicyclic) bond motifs is 3. The molecule has 7 heteroatoms. The smallest absolute Gasteiger partial charge is 0.335 e. The standard InChI is InChI=1S/C20H23N4O2.ClH/c1-25-17-11-14-7-3-4-8-16(14)19-18-15(13-24(17,19)26-2)12-21-22-20(18)23-9-5-6-10-23;/h4,8,11-13H,3,5-7,9-10H2,1-2H3;1H/q+1;. The van der Waals surface area contributed by atoms with Crippen molar-refractivity contribution < 1.29 is 14.2 Å². The lowest BCUT2D eigenvalue weighted by atomic mass is 9.91. The first-order valence-electron chi connectivity index (χ1n) is 9.23. The molecule has 4 heterocycles. The second kappa shape index (κ2) is 6.78. The summed E-state index contributed by atoms with van der Waals surface area (Å²) >= 11 is 0. The van der Waals surface area contributed by atoms with Crippen LogP contribution in [0.1, 0.15) is 25.7 Å². The van der Waals surface area contributed by atoms with Crippen molar-refractivity contribution in [3.63, 3.8) is 0 Å². The quantitative estimate of drug-likeness (QED) is 0.741. The van der Waals surface area contributed by atoms with Gasteiger partial charge >= 0.3 is 5.88 Å². The molecule has 3 aliphatic heterocycles. The van der Waals surface area contributed by atoms with Gasteiger partial charge in [-0.2, -0.15) is 9.94 Å². The van der Waals surface area contributed by atoms with E-state index in [0.717, 1.165) is 53.8 Å². The molecule has 27 heavy (non-hydrogen) atoms. The van der Waals surface area contributed by atoms with Crippen LogP contribution in [0.15, 0.2) is 41.5 Å². The van der Waals surface area contributed by atoms with Crippen molar-refractivity contribution in [2.24, 2.45) is 0 Å². The summed E-state index contributed by atoms with van der Waals surface area (Å²) < 4.78 is 5.92. The van der Waals surface area contributed by atoms with Crippen LogP contribution in [0, 0.1) is 0 Å². The van der Waals surface area contributed by atoms with E-state index in [9.17, 15) is 0 Å². The van der Waals surface area contributed by atoms with Gasteiger partial charge in [0.2, 0.25) is 0 Å². The van der Waals surface area contributed by atoms with Gasteiger partial charge in [0, 0.05) is 24.7 Å². The Morgan fingerprint density at radius 2 is 2.00 bits per heavy atom. The van der Waals surface area contributed by atoms with Crippen molar-refractivity contribution in [3.8, 4) is 0 Å². The Hall–Kier alpha value is -2.15. The zero-order chi connectivity index (χ0) is 17.7. The number of rotatable bonds is 3. The molecular weight excluding hydrogens is 364 g/mol. The fourth-order valence-electron chi connectivity index (χ4n) is 4.53. The van der Waals surface area contributed by atoms with Crippen LogP contribution in [0.5, 0.6) is 0 Å². The lowest BCUT2D eigenvalue weighted by molar-refractivity contribution is -0.962. The lowest BCUT2D eigenvalue weighted by Gasteiger charge is -2.34. The Balaban J connectivity index is 0.00000180. The van der Waals surface area contributed by atoms with Gasteiger partial charge in [0.25, 0.3) is 0 Å². The molecule has 6 nitrogen and oxygen atoms in total. The van der Waals surface area contributed by atoms with Gasteiger partial charge in [-0.05, 0) is 31.3 Å². The summed E-state index contributed by atoms with van der Waals surface area (Å²) in [5, 5.41) is 11.0. The second-order valence-corrected chi connectivity index (χ2v) is 7.08. The van der Waals surface area contributed by atoms with Gasteiger partial charge < -0.3 is 9.64 Å². The fourth-order valence-corrected chi connectivity index (χ4v) is 4.53. The number of nitrogens with zero attached hydrogens (tertiary/aromatic N) is 4. The average molecular weight is 388 g/mol. The molecule has 1 atom stereocenters. The Labute approximate surface area is 164 Å².